The second-order valence-electron chi connectivity index (χ2n) is 7.03. The van der Waals surface area contributed by atoms with Crippen LogP contribution in [0.1, 0.15) is 23.9 Å². The predicted octanol–water partition coefficient (Wildman–Crippen LogP) is 4.36. The van der Waals surface area contributed by atoms with E-state index in [4.69, 9.17) is 4.74 Å². The van der Waals surface area contributed by atoms with Crippen LogP contribution in [0.5, 0.6) is 5.75 Å². The SMILES string of the molecule is CCn1c(CNC(=O)/C=C/c2ccc(OCc3cccnc3)cc2)nc2ccccc21. The highest BCUT2D eigenvalue weighted by Crippen LogP contribution is 2.16. The molecule has 6 nitrogen and oxygen atoms in total. The van der Waals surface area contributed by atoms with Gasteiger partial charge in [-0.1, -0.05) is 30.3 Å². The summed E-state index contributed by atoms with van der Waals surface area (Å²) >= 11 is 0. The van der Waals surface area contributed by atoms with Crippen LogP contribution >= 0.6 is 0 Å². The molecule has 4 rings (SSSR count). The molecule has 31 heavy (non-hydrogen) atoms. The van der Waals surface area contributed by atoms with E-state index in [1.807, 2.05) is 60.7 Å². The van der Waals surface area contributed by atoms with Crippen LogP contribution in [-0.4, -0.2) is 20.4 Å². The van der Waals surface area contributed by atoms with Gasteiger partial charge in [0.15, 0.2) is 0 Å². The summed E-state index contributed by atoms with van der Waals surface area (Å²) in [6.07, 6.45) is 6.83. The highest BCUT2D eigenvalue weighted by molar-refractivity contribution is 5.91. The highest BCUT2D eigenvalue weighted by Gasteiger charge is 2.09. The Morgan fingerprint density at radius 2 is 1.94 bits per heavy atom. The Hall–Kier alpha value is -3.93. The maximum Gasteiger partial charge on any atom is 0.244 e. The lowest BCUT2D eigenvalue weighted by atomic mass is 10.2. The molecule has 1 N–H and O–H groups in total. The molecule has 0 atom stereocenters. The number of fused-ring (bicyclic) bond motifs is 1. The van der Waals surface area contributed by atoms with Crippen molar-refractivity contribution in [2.75, 3.05) is 0 Å². The molecule has 0 aliphatic carbocycles. The summed E-state index contributed by atoms with van der Waals surface area (Å²) in [5.74, 6) is 1.45. The number of carbonyl (C=O) groups excluding carboxylic acids is 1. The summed E-state index contributed by atoms with van der Waals surface area (Å²) in [5.41, 5.74) is 3.95. The maximum absolute atomic E-state index is 12.3. The zero-order chi connectivity index (χ0) is 21.5. The molecule has 0 unspecified atom stereocenters. The van der Waals surface area contributed by atoms with Gasteiger partial charge in [-0.05, 0) is 48.9 Å². The van der Waals surface area contributed by atoms with Gasteiger partial charge in [0.25, 0.3) is 0 Å². The number of pyridine rings is 1. The number of benzene rings is 2. The minimum Gasteiger partial charge on any atom is -0.489 e. The number of amides is 1. The van der Waals surface area contributed by atoms with Crippen LogP contribution in [0, 0.1) is 0 Å². The number of rotatable bonds is 8. The largest absolute Gasteiger partial charge is 0.489 e. The van der Waals surface area contributed by atoms with Crippen molar-refractivity contribution >= 4 is 23.0 Å². The van der Waals surface area contributed by atoms with Gasteiger partial charge >= 0.3 is 0 Å². The van der Waals surface area contributed by atoms with E-state index in [2.05, 4.69) is 26.8 Å². The molecule has 0 saturated carbocycles. The first-order chi connectivity index (χ1) is 15.2. The molecule has 1 amide bonds. The number of hydrogen-bond donors (Lipinski definition) is 1. The number of nitrogens with zero attached hydrogens (tertiary/aromatic N) is 3. The second kappa shape index (κ2) is 9.71. The van der Waals surface area contributed by atoms with E-state index in [1.165, 1.54) is 6.08 Å². The fraction of sp³-hybridized carbons (Fsp3) is 0.160. The lowest BCUT2D eigenvalue weighted by molar-refractivity contribution is -0.116. The standard InChI is InChI=1S/C25H24N4O2/c1-2-29-23-8-4-3-7-22(23)28-24(29)17-27-25(30)14-11-19-9-12-21(13-10-19)31-18-20-6-5-15-26-16-20/h3-16H,2,17-18H2,1H3,(H,27,30)/b14-11+. The summed E-state index contributed by atoms with van der Waals surface area (Å²) in [4.78, 5) is 21.0. The lowest BCUT2D eigenvalue weighted by Gasteiger charge is -2.07. The monoisotopic (exact) mass is 412 g/mol. The van der Waals surface area contributed by atoms with Gasteiger partial charge in [-0.2, -0.15) is 0 Å². The average Bonchev–Trinajstić information content (AvgIpc) is 3.19. The Bertz CT molecular complexity index is 1180. The Balaban J connectivity index is 1.31. The van der Waals surface area contributed by atoms with Crippen LogP contribution in [-0.2, 0) is 24.5 Å². The summed E-state index contributed by atoms with van der Waals surface area (Å²) in [6, 6.07) is 19.4. The number of aryl methyl sites for hydroxylation is 1. The fourth-order valence-corrected chi connectivity index (χ4v) is 3.34. The number of hydrogen-bond acceptors (Lipinski definition) is 4. The van der Waals surface area contributed by atoms with Crippen molar-refractivity contribution in [3.63, 3.8) is 0 Å². The number of imidazole rings is 1. The van der Waals surface area contributed by atoms with Crippen LogP contribution in [0.3, 0.4) is 0 Å². The van der Waals surface area contributed by atoms with Crippen LogP contribution in [0.25, 0.3) is 17.1 Å². The number of nitrogens with one attached hydrogen (secondary N) is 1. The average molecular weight is 412 g/mol. The molecule has 0 aliphatic rings. The van der Waals surface area contributed by atoms with E-state index in [-0.39, 0.29) is 5.91 Å². The van der Waals surface area contributed by atoms with E-state index in [1.54, 1.807) is 18.5 Å². The van der Waals surface area contributed by atoms with Crippen LogP contribution in [0.4, 0.5) is 0 Å². The minimum absolute atomic E-state index is 0.161. The van der Waals surface area contributed by atoms with E-state index >= 15 is 0 Å². The predicted molar refractivity (Wildman–Crippen MR) is 121 cm³/mol. The molecular weight excluding hydrogens is 388 g/mol. The third-order valence-corrected chi connectivity index (χ3v) is 4.91. The molecule has 0 fully saturated rings. The van der Waals surface area contributed by atoms with Crippen molar-refractivity contribution in [2.24, 2.45) is 0 Å². The van der Waals surface area contributed by atoms with Gasteiger partial charge in [0.2, 0.25) is 5.91 Å². The second-order valence-corrected chi connectivity index (χ2v) is 7.03. The molecule has 0 saturated heterocycles. The van der Waals surface area contributed by atoms with Gasteiger partial charge in [0, 0.05) is 30.6 Å². The number of aromatic nitrogens is 3. The smallest absolute Gasteiger partial charge is 0.244 e. The summed E-state index contributed by atoms with van der Waals surface area (Å²) in [7, 11) is 0. The molecule has 4 aromatic rings. The number of ether oxygens (including phenoxy) is 1. The topological polar surface area (TPSA) is 69.0 Å². The Labute approximate surface area is 181 Å². The summed E-state index contributed by atoms with van der Waals surface area (Å²) in [6.45, 7) is 3.72. The van der Waals surface area contributed by atoms with Crippen molar-refractivity contribution in [3.05, 3.63) is 96.1 Å². The van der Waals surface area contributed by atoms with Crippen molar-refractivity contribution in [2.45, 2.75) is 26.6 Å². The first-order valence-electron chi connectivity index (χ1n) is 10.2. The third kappa shape index (κ3) is 5.17. The first-order valence-corrected chi connectivity index (χ1v) is 10.2. The molecule has 2 aromatic heterocycles. The summed E-state index contributed by atoms with van der Waals surface area (Å²) < 4.78 is 7.87. The van der Waals surface area contributed by atoms with Crippen molar-refractivity contribution in [3.8, 4) is 5.75 Å². The molecular formula is C25H24N4O2. The van der Waals surface area contributed by atoms with Gasteiger partial charge in [-0.25, -0.2) is 4.98 Å². The Morgan fingerprint density at radius 3 is 2.71 bits per heavy atom. The van der Waals surface area contributed by atoms with Gasteiger partial charge in [0.05, 0.1) is 17.6 Å². The Kier molecular flexibility index (Phi) is 6.38. The number of carbonyl (C=O) groups is 1. The maximum atomic E-state index is 12.3. The van der Waals surface area contributed by atoms with E-state index in [9.17, 15) is 4.79 Å². The fourth-order valence-electron chi connectivity index (χ4n) is 3.34. The van der Waals surface area contributed by atoms with Gasteiger partial charge in [0.1, 0.15) is 18.2 Å². The van der Waals surface area contributed by atoms with E-state index < -0.39 is 0 Å². The van der Waals surface area contributed by atoms with Crippen molar-refractivity contribution < 1.29 is 9.53 Å². The van der Waals surface area contributed by atoms with Crippen molar-refractivity contribution in [1.82, 2.24) is 19.9 Å². The molecule has 2 aromatic carbocycles. The molecule has 156 valence electrons. The van der Waals surface area contributed by atoms with Crippen LogP contribution in [0.15, 0.2) is 79.1 Å². The summed E-state index contributed by atoms with van der Waals surface area (Å²) in [5, 5.41) is 2.92. The molecule has 2 heterocycles. The lowest BCUT2D eigenvalue weighted by Crippen LogP contribution is -2.22. The van der Waals surface area contributed by atoms with Gasteiger partial charge in [-0.3, -0.25) is 9.78 Å². The molecule has 0 radical (unpaired) electrons. The molecule has 0 spiro atoms. The quantitative estimate of drug-likeness (QED) is 0.437. The van der Waals surface area contributed by atoms with Crippen LogP contribution < -0.4 is 10.1 Å². The molecule has 6 heteroatoms. The number of para-hydroxylation sites is 2. The zero-order valence-corrected chi connectivity index (χ0v) is 17.4. The normalized spacial score (nSPS) is 11.1. The van der Waals surface area contributed by atoms with E-state index in [0.717, 1.165) is 40.3 Å². The van der Waals surface area contributed by atoms with Crippen LogP contribution in [0.2, 0.25) is 0 Å². The Morgan fingerprint density at radius 1 is 1.10 bits per heavy atom. The van der Waals surface area contributed by atoms with E-state index in [0.29, 0.717) is 13.2 Å². The van der Waals surface area contributed by atoms with Gasteiger partial charge < -0.3 is 14.6 Å². The zero-order valence-electron chi connectivity index (χ0n) is 17.4. The third-order valence-electron chi connectivity index (χ3n) is 4.91. The highest BCUT2D eigenvalue weighted by atomic mass is 16.5. The van der Waals surface area contributed by atoms with Crippen molar-refractivity contribution in [1.29, 1.82) is 0 Å². The van der Waals surface area contributed by atoms with Gasteiger partial charge in [-0.15, -0.1) is 0 Å². The molecule has 0 aliphatic heterocycles. The first kappa shape index (κ1) is 20.3. The minimum atomic E-state index is -0.161. The molecule has 0 bridgehead atoms.